The third-order valence-corrected chi connectivity index (χ3v) is 4.39. The molecule has 1 aliphatic rings. The third-order valence-electron chi connectivity index (χ3n) is 4.39. The molecule has 2 atom stereocenters. The highest BCUT2D eigenvalue weighted by molar-refractivity contribution is 5.79. The highest BCUT2D eigenvalue weighted by Crippen LogP contribution is 2.30. The Morgan fingerprint density at radius 2 is 2.00 bits per heavy atom. The minimum absolute atomic E-state index is 0.0880. The number of aliphatic carboxylic acids is 1. The number of hydrogen-bond acceptors (Lipinski definition) is 2. The van der Waals surface area contributed by atoms with E-state index in [-0.39, 0.29) is 24.8 Å². The summed E-state index contributed by atoms with van der Waals surface area (Å²) in [7, 11) is 0. The lowest BCUT2D eigenvalue weighted by Crippen LogP contribution is -2.29. The van der Waals surface area contributed by atoms with Crippen molar-refractivity contribution >= 4 is 11.9 Å². The molecule has 132 valence electrons. The molecule has 0 radical (unpaired) electrons. The molecule has 0 aromatic heterocycles. The van der Waals surface area contributed by atoms with Crippen molar-refractivity contribution < 1.29 is 27.9 Å². The average molecular weight is 343 g/mol. The van der Waals surface area contributed by atoms with Crippen molar-refractivity contribution in [2.45, 2.75) is 32.4 Å². The fourth-order valence-corrected chi connectivity index (χ4v) is 3.00. The number of benzene rings is 1. The maximum Gasteiger partial charge on any atom is 0.416 e. The molecule has 0 aliphatic carbocycles. The van der Waals surface area contributed by atoms with Gasteiger partial charge in [0, 0.05) is 19.5 Å². The number of amides is 1. The molecule has 1 heterocycles. The molecule has 24 heavy (non-hydrogen) atoms. The van der Waals surface area contributed by atoms with Crippen LogP contribution in [0.25, 0.3) is 0 Å². The van der Waals surface area contributed by atoms with Crippen LogP contribution in [0, 0.1) is 11.8 Å². The molecule has 2 rings (SSSR count). The molecule has 4 nitrogen and oxygen atoms in total. The van der Waals surface area contributed by atoms with Crippen LogP contribution in [-0.4, -0.2) is 35.0 Å². The summed E-state index contributed by atoms with van der Waals surface area (Å²) in [6, 6.07) is 5.09. The summed E-state index contributed by atoms with van der Waals surface area (Å²) in [5.74, 6) is -1.67. The molecule has 0 bridgehead atoms. The Bertz CT molecular complexity index is 615. The van der Waals surface area contributed by atoms with E-state index >= 15 is 0 Å². The van der Waals surface area contributed by atoms with Gasteiger partial charge in [-0.2, -0.15) is 13.2 Å². The zero-order valence-electron chi connectivity index (χ0n) is 13.3. The van der Waals surface area contributed by atoms with Gasteiger partial charge in [0.15, 0.2) is 0 Å². The van der Waals surface area contributed by atoms with Gasteiger partial charge >= 0.3 is 12.1 Å². The van der Waals surface area contributed by atoms with E-state index in [2.05, 4.69) is 0 Å². The molecule has 1 aromatic carbocycles. The number of likely N-dealkylation sites (tertiary alicyclic amines) is 1. The Morgan fingerprint density at radius 3 is 2.58 bits per heavy atom. The molecule has 1 N–H and O–H groups in total. The van der Waals surface area contributed by atoms with Gasteiger partial charge in [-0.15, -0.1) is 0 Å². The van der Waals surface area contributed by atoms with Crippen molar-refractivity contribution in [1.29, 1.82) is 0 Å². The topological polar surface area (TPSA) is 57.6 Å². The highest BCUT2D eigenvalue weighted by atomic mass is 19.4. The van der Waals surface area contributed by atoms with Crippen molar-refractivity contribution in [3.8, 4) is 0 Å². The van der Waals surface area contributed by atoms with E-state index in [1.165, 1.54) is 11.0 Å². The molecular weight excluding hydrogens is 323 g/mol. The van der Waals surface area contributed by atoms with Crippen molar-refractivity contribution in [3.05, 3.63) is 35.4 Å². The van der Waals surface area contributed by atoms with Gasteiger partial charge in [0.2, 0.25) is 5.91 Å². The van der Waals surface area contributed by atoms with E-state index in [1.54, 1.807) is 13.0 Å². The first-order chi connectivity index (χ1) is 11.2. The number of halogens is 3. The minimum Gasteiger partial charge on any atom is -0.481 e. The number of carbonyl (C=O) groups excluding carboxylic acids is 1. The standard InChI is InChI=1S/C17H20F3NO3/c1-11-9-21(10-14(11)16(23)24)15(22)7-3-5-12-4-2-6-13(8-12)17(18,19)20/h2,4,6,8,11,14H,3,5,7,9-10H2,1H3,(H,23,24)/t11-,14-/m1/s1. The first kappa shape index (κ1) is 18.3. The highest BCUT2D eigenvalue weighted by Gasteiger charge is 2.36. The van der Waals surface area contributed by atoms with Crippen LogP contribution < -0.4 is 0 Å². The van der Waals surface area contributed by atoms with Crippen molar-refractivity contribution in [2.75, 3.05) is 13.1 Å². The zero-order chi connectivity index (χ0) is 17.9. The summed E-state index contributed by atoms with van der Waals surface area (Å²) in [5.41, 5.74) is -0.153. The van der Waals surface area contributed by atoms with Gasteiger partial charge in [0.05, 0.1) is 11.5 Å². The second-order valence-electron chi connectivity index (χ2n) is 6.27. The van der Waals surface area contributed by atoms with Crippen LogP contribution in [0.2, 0.25) is 0 Å². The Labute approximate surface area is 138 Å². The predicted octanol–water partition coefficient (Wildman–Crippen LogP) is 3.21. The van der Waals surface area contributed by atoms with Crippen LogP contribution >= 0.6 is 0 Å². The number of nitrogens with zero attached hydrogens (tertiary/aromatic N) is 1. The molecule has 1 saturated heterocycles. The summed E-state index contributed by atoms with van der Waals surface area (Å²) < 4.78 is 38.0. The summed E-state index contributed by atoms with van der Waals surface area (Å²) in [4.78, 5) is 24.7. The maximum absolute atomic E-state index is 12.7. The van der Waals surface area contributed by atoms with Gasteiger partial charge in [0.25, 0.3) is 0 Å². The Kier molecular flexibility index (Phi) is 5.51. The third kappa shape index (κ3) is 4.49. The lowest BCUT2D eigenvalue weighted by atomic mass is 9.99. The lowest BCUT2D eigenvalue weighted by Gasteiger charge is -2.16. The Balaban J connectivity index is 1.84. The second kappa shape index (κ2) is 7.23. The minimum atomic E-state index is -4.37. The fourth-order valence-electron chi connectivity index (χ4n) is 3.00. The quantitative estimate of drug-likeness (QED) is 0.893. The van der Waals surface area contributed by atoms with Crippen LogP contribution in [-0.2, 0) is 22.2 Å². The van der Waals surface area contributed by atoms with Crippen molar-refractivity contribution in [2.24, 2.45) is 11.8 Å². The summed E-state index contributed by atoms with van der Waals surface area (Å²) in [5, 5.41) is 9.07. The molecule has 1 aromatic rings. The van der Waals surface area contributed by atoms with Gasteiger partial charge in [-0.05, 0) is 30.4 Å². The number of carboxylic acids is 1. The molecule has 7 heteroatoms. The summed E-state index contributed by atoms with van der Waals surface area (Å²) in [6.07, 6.45) is -3.36. The Morgan fingerprint density at radius 1 is 1.29 bits per heavy atom. The maximum atomic E-state index is 12.7. The van der Waals surface area contributed by atoms with Crippen LogP contribution in [0.3, 0.4) is 0 Å². The summed E-state index contributed by atoms with van der Waals surface area (Å²) >= 11 is 0. The fraction of sp³-hybridized carbons (Fsp3) is 0.529. The molecule has 1 fully saturated rings. The zero-order valence-corrected chi connectivity index (χ0v) is 13.3. The largest absolute Gasteiger partial charge is 0.481 e. The Hall–Kier alpha value is -2.05. The van der Waals surface area contributed by atoms with Gasteiger partial charge in [0.1, 0.15) is 0 Å². The number of carbonyl (C=O) groups is 2. The van der Waals surface area contributed by atoms with Gasteiger partial charge in [-0.25, -0.2) is 0 Å². The monoisotopic (exact) mass is 343 g/mol. The molecule has 0 saturated carbocycles. The van der Waals surface area contributed by atoms with E-state index in [0.29, 0.717) is 24.9 Å². The van der Waals surface area contributed by atoms with E-state index in [1.807, 2.05) is 0 Å². The normalized spacial score (nSPS) is 21.1. The first-order valence-corrected chi connectivity index (χ1v) is 7.85. The lowest BCUT2D eigenvalue weighted by molar-refractivity contribution is -0.142. The molecule has 0 unspecified atom stereocenters. The van der Waals surface area contributed by atoms with Gasteiger partial charge in [-0.3, -0.25) is 9.59 Å². The number of aryl methyl sites for hydroxylation is 1. The number of rotatable bonds is 5. The molecule has 1 amide bonds. The van der Waals surface area contributed by atoms with Crippen LogP contribution in [0.1, 0.15) is 30.9 Å². The van der Waals surface area contributed by atoms with Crippen LogP contribution in [0.4, 0.5) is 13.2 Å². The van der Waals surface area contributed by atoms with Gasteiger partial charge < -0.3 is 10.0 Å². The number of alkyl halides is 3. The number of carboxylic acid groups (broad SMARTS) is 1. The van der Waals surface area contributed by atoms with Crippen LogP contribution in [0.5, 0.6) is 0 Å². The van der Waals surface area contributed by atoms with E-state index in [4.69, 9.17) is 5.11 Å². The average Bonchev–Trinajstić information content (AvgIpc) is 2.89. The predicted molar refractivity (Wildman–Crippen MR) is 81.3 cm³/mol. The summed E-state index contributed by atoms with van der Waals surface area (Å²) in [6.45, 7) is 2.42. The number of hydrogen-bond donors (Lipinski definition) is 1. The van der Waals surface area contributed by atoms with Crippen molar-refractivity contribution in [1.82, 2.24) is 4.90 Å². The van der Waals surface area contributed by atoms with Crippen LogP contribution in [0.15, 0.2) is 24.3 Å². The SMILES string of the molecule is C[C@@H]1CN(C(=O)CCCc2cccc(C(F)(F)F)c2)C[C@H]1C(=O)O. The first-order valence-electron chi connectivity index (χ1n) is 7.85. The molecule has 1 aliphatic heterocycles. The molecule has 0 spiro atoms. The smallest absolute Gasteiger partial charge is 0.416 e. The van der Waals surface area contributed by atoms with E-state index in [0.717, 1.165) is 12.1 Å². The molecular formula is C17H20F3NO3. The second-order valence-corrected chi connectivity index (χ2v) is 6.27. The van der Waals surface area contributed by atoms with E-state index in [9.17, 15) is 22.8 Å². The van der Waals surface area contributed by atoms with Gasteiger partial charge in [-0.1, -0.05) is 25.1 Å². The van der Waals surface area contributed by atoms with Crippen molar-refractivity contribution in [3.63, 3.8) is 0 Å². The van der Waals surface area contributed by atoms with E-state index < -0.39 is 23.6 Å².